The smallest absolute Gasteiger partial charge is 0.121 e. The zero-order valence-electron chi connectivity index (χ0n) is 6.18. The Labute approximate surface area is 61.3 Å². The van der Waals surface area contributed by atoms with Crippen LogP contribution in [-0.4, -0.2) is 44.0 Å². The third kappa shape index (κ3) is 1.91. The van der Waals surface area contributed by atoms with Crippen LogP contribution in [0.25, 0.3) is 0 Å². The predicted octanol–water partition coefficient (Wildman–Crippen LogP) is -1.01. The van der Waals surface area contributed by atoms with Gasteiger partial charge in [0.1, 0.15) is 19.6 Å². The van der Waals surface area contributed by atoms with Crippen molar-refractivity contribution in [1.82, 2.24) is 5.84 Å². The Morgan fingerprint density at radius 3 is 2.50 bits per heavy atom. The van der Waals surface area contributed by atoms with Crippen LogP contribution in [0.15, 0.2) is 0 Å². The highest BCUT2D eigenvalue weighted by molar-refractivity contribution is 4.45. The molecule has 1 fully saturated rings. The number of hydrogen-bond donors (Lipinski definition) is 1. The average molecular weight is 145 g/mol. The van der Waals surface area contributed by atoms with Gasteiger partial charge in [-0.25, -0.2) is 4.59 Å². The molecule has 0 atom stereocenters. The van der Waals surface area contributed by atoms with Crippen molar-refractivity contribution in [3.8, 4) is 0 Å². The van der Waals surface area contributed by atoms with Gasteiger partial charge >= 0.3 is 0 Å². The molecule has 0 spiro atoms. The van der Waals surface area contributed by atoms with Gasteiger partial charge in [-0.15, -0.1) is 0 Å². The molecule has 59 valence electrons. The number of quaternary nitrogens is 1. The van der Waals surface area contributed by atoms with Gasteiger partial charge in [0.25, 0.3) is 0 Å². The molecule has 1 rings (SSSR count). The maximum atomic E-state index is 7.80. The molecule has 1 heterocycles. The molecular formula is C6H15N3O+. The summed E-state index contributed by atoms with van der Waals surface area (Å²) in [6.07, 6.45) is 0. The van der Waals surface area contributed by atoms with Crippen molar-refractivity contribution in [1.29, 1.82) is 0 Å². The zero-order chi connectivity index (χ0) is 7.45. The molecule has 0 aromatic carbocycles. The van der Waals surface area contributed by atoms with E-state index >= 15 is 0 Å². The molecule has 0 saturated carbocycles. The summed E-state index contributed by atoms with van der Waals surface area (Å²) in [5, 5.41) is 0. The number of nitrogens with one attached hydrogen (secondary N) is 1. The van der Waals surface area contributed by atoms with E-state index in [0.29, 0.717) is 24.4 Å². The molecule has 3 N–H and O–H groups in total. The second kappa shape index (κ2) is 3.30. The topological polar surface area (TPSA) is 59.0 Å². The predicted molar refractivity (Wildman–Crippen MR) is 37.8 cm³/mol. The van der Waals surface area contributed by atoms with E-state index in [0.717, 1.165) is 19.6 Å². The summed E-state index contributed by atoms with van der Waals surface area (Å²) < 4.78 is 5.48. The molecule has 0 aromatic heterocycles. The van der Waals surface area contributed by atoms with Crippen LogP contribution in [0.2, 0.25) is 0 Å². The summed E-state index contributed by atoms with van der Waals surface area (Å²) in [4.78, 5) is 0. The molecule has 0 aromatic rings. The Morgan fingerprint density at radius 1 is 1.40 bits per heavy atom. The number of hydrogen-bond acceptors (Lipinski definition) is 2. The standard InChI is InChI=1S/C6H15N3O/c7-1-2-9(8)3-5-10-6-4-9/h8H,1-7H2/q+1. The molecule has 0 bridgehead atoms. The van der Waals surface area contributed by atoms with Crippen LogP contribution in [0.1, 0.15) is 0 Å². The lowest BCUT2D eigenvalue weighted by Gasteiger charge is -2.33. The van der Waals surface area contributed by atoms with Crippen LogP contribution >= 0.6 is 0 Å². The Kier molecular flexibility index (Phi) is 2.62. The molecule has 4 nitrogen and oxygen atoms in total. The number of morpholine rings is 1. The fourth-order valence-electron chi connectivity index (χ4n) is 1.16. The zero-order valence-corrected chi connectivity index (χ0v) is 6.18. The van der Waals surface area contributed by atoms with Gasteiger partial charge in [0.2, 0.25) is 0 Å². The maximum absolute atomic E-state index is 7.80. The van der Waals surface area contributed by atoms with Gasteiger partial charge in [-0.1, -0.05) is 5.84 Å². The minimum Gasteiger partial charge on any atom is -0.370 e. The van der Waals surface area contributed by atoms with E-state index in [1.807, 2.05) is 0 Å². The highest BCUT2D eigenvalue weighted by Gasteiger charge is 2.26. The molecule has 0 aliphatic carbocycles. The van der Waals surface area contributed by atoms with Gasteiger partial charge < -0.3 is 10.5 Å². The van der Waals surface area contributed by atoms with Crippen molar-refractivity contribution in [2.24, 2.45) is 5.73 Å². The third-order valence-corrected chi connectivity index (χ3v) is 1.88. The van der Waals surface area contributed by atoms with E-state index in [4.69, 9.17) is 16.3 Å². The fourth-order valence-corrected chi connectivity index (χ4v) is 1.16. The normalized spacial score (nSPS) is 24.6. The lowest BCUT2D eigenvalue weighted by atomic mass is 10.4. The summed E-state index contributed by atoms with van der Waals surface area (Å²) in [6.45, 7) is 4.36. The summed E-state index contributed by atoms with van der Waals surface area (Å²) in [6, 6.07) is 0. The van der Waals surface area contributed by atoms with Crippen LogP contribution in [-0.2, 0) is 4.74 Å². The Bertz CT molecular complexity index is 95.7. The van der Waals surface area contributed by atoms with Gasteiger partial charge in [0, 0.05) is 6.54 Å². The number of rotatable bonds is 2. The maximum Gasteiger partial charge on any atom is 0.121 e. The van der Waals surface area contributed by atoms with Crippen molar-refractivity contribution >= 4 is 0 Å². The molecule has 1 saturated heterocycles. The Morgan fingerprint density at radius 2 is 2.00 bits per heavy atom. The van der Waals surface area contributed by atoms with E-state index in [1.165, 1.54) is 0 Å². The molecule has 1 radical (unpaired) electrons. The van der Waals surface area contributed by atoms with Crippen molar-refractivity contribution in [2.75, 3.05) is 39.4 Å². The SMILES string of the molecule is [NH][N+]1(CCN)CCOCC1. The van der Waals surface area contributed by atoms with E-state index < -0.39 is 0 Å². The van der Waals surface area contributed by atoms with Crippen molar-refractivity contribution in [3.05, 3.63) is 0 Å². The first kappa shape index (κ1) is 7.94. The summed E-state index contributed by atoms with van der Waals surface area (Å²) in [5.74, 6) is 7.80. The molecular weight excluding hydrogens is 130 g/mol. The van der Waals surface area contributed by atoms with Crippen LogP contribution in [0.3, 0.4) is 0 Å². The molecule has 1 aliphatic heterocycles. The van der Waals surface area contributed by atoms with Crippen LogP contribution < -0.4 is 11.6 Å². The number of nitrogens with two attached hydrogens (primary N) is 1. The van der Waals surface area contributed by atoms with Gasteiger partial charge in [0.15, 0.2) is 0 Å². The van der Waals surface area contributed by atoms with Gasteiger partial charge in [-0.2, -0.15) is 0 Å². The molecule has 0 unspecified atom stereocenters. The average Bonchev–Trinajstić information content (AvgIpc) is 1.89. The Hall–Kier alpha value is -0.160. The molecule has 10 heavy (non-hydrogen) atoms. The largest absolute Gasteiger partial charge is 0.370 e. The van der Waals surface area contributed by atoms with E-state index in [9.17, 15) is 0 Å². The number of ether oxygens (including phenoxy) is 1. The monoisotopic (exact) mass is 145 g/mol. The highest BCUT2D eigenvalue weighted by Crippen LogP contribution is 2.03. The second-order valence-electron chi connectivity index (χ2n) is 2.72. The highest BCUT2D eigenvalue weighted by atomic mass is 16.5. The lowest BCUT2D eigenvalue weighted by molar-refractivity contribution is -0.954. The van der Waals surface area contributed by atoms with Gasteiger partial charge in [-0.05, 0) is 0 Å². The second-order valence-corrected chi connectivity index (χ2v) is 2.72. The fraction of sp³-hybridized carbons (Fsp3) is 1.00. The van der Waals surface area contributed by atoms with Gasteiger partial charge in [0.05, 0.1) is 13.2 Å². The molecule has 4 heteroatoms. The first-order valence-electron chi connectivity index (χ1n) is 3.66. The van der Waals surface area contributed by atoms with Crippen molar-refractivity contribution in [3.63, 3.8) is 0 Å². The summed E-state index contributed by atoms with van der Waals surface area (Å²) in [7, 11) is 0. The third-order valence-electron chi connectivity index (χ3n) is 1.88. The number of nitrogens with zero attached hydrogens (tertiary/aromatic N) is 1. The summed E-state index contributed by atoms with van der Waals surface area (Å²) >= 11 is 0. The Balaban J connectivity index is 2.32. The quantitative estimate of drug-likeness (QED) is 0.506. The van der Waals surface area contributed by atoms with E-state index in [1.54, 1.807) is 0 Å². The molecule has 0 amide bonds. The van der Waals surface area contributed by atoms with E-state index in [2.05, 4.69) is 0 Å². The van der Waals surface area contributed by atoms with Crippen molar-refractivity contribution < 1.29 is 9.33 Å². The van der Waals surface area contributed by atoms with Crippen LogP contribution in [0.5, 0.6) is 0 Å². The lowest BCUT2D eigenvalue weighted by Crippen LogP contribution is -2.56. The van der Waals surface area contributed by atoms with Crippen LogP contribution in [0, 0.1) is 0 Å². The molecule has 1 aliphatic rings. The van der Waals surface area contributed by atoms with Crippen molar-refractivity contribution in [2.45, 2.75) is 0 Å². The van der Waals surface area contributed by atoms with E-state index in [-0.39, 0.29) is 0 Å². The minimum absolute atomic E-state index is 0.344. The first-order valence-corrected chi connectivity index (χ1v) is 3.66. The minimum atomic E-state index is 0.344. The summed E-state index contributed by atoms with van der Waals surface area (Å²) in [5.41, 5.74) is 5.37. The van der Waals surface area contributed by atoms with Crippen LogP contribution in [0.4, 0.5) is 0 Å². The van der Waals surface area contributed by atoms with Gasteiger partial charge in [-0.3, -0.25) is 0 Å². The first-order chi connectivity index (χ1) is 4.77.